The predicted molar refractivity (Wildman–Crippen MR) is 74.7 cm³/mol. The maximum Gasteiger partial charge on any atom is 0.137 e. The molecule has 4 heteroatoms. The van der Waals surface area contributed by atoms with Crippen LogP contribution in [-0.4, -0.2) is 40.5 Å². The molecule has 0 aliphatic heterocycles. The molecule has 18 heavy (non-hydrogen) atoms. The highest BCUT2D eigenvalue weighted by atomic mass is 15.1. The minimum atomic E-state index is 0.599. The average molecular weight is 246 g/mol. The predicted octanol–water partition coefficient (Wildman–Crippen LogP) is 1.76. The van der Waals surface area contributed by atoms with Gasteiger partial charge in [-0.15, -0.1) is 0 Å². The number of hydrogen-bond acceptors (Lipinski definition) is 3. The normalized spacial score (nSPS) is 11.8. The Labute approximate surface area is 109 Å². The van der Waals surface area contributed by atoms with E-state index in [4.69, 9.17) is 0 Å². The highest BCUT2D eigenvalue weighted by Gasteiger charge is 2.03. The fourth-order valence-electron chi connectivity index (χ4n) is 1.80. The van der Waals surface area contributed by atoms with Crippen molar-refractivity contribution in [3.63, 3.8) is 0 Å². The second-order valence-corrected chi connectivity index (χ2v) is 4.95. The first kappa shape index (κ1) is 13.1. The molecule has 1 N–H and O–H groups in total. The molecule has 2 aromatic rings. The van der Waals surface area contributed by atoms with Gasteiger partial charge in [0.1, 0.15) is 5.65 Å². The third kappa shape index (κ3) is 3.31. The van der Waals surface area contributed by atoms with Gasteiger partial charge in [-0.25, -0.2) is 4.98 Å². The van der Waals surface area contributed by atoms with Gasteiger partial charge in [-0.1, -0.05) is 6.07 Å². The molecule has 0 spiro atoms. The summed E-state index contributed by atoms with van der Waals surface area (Å²) in [4.78, 5) is 6.88. The molecule has 0 fully saturated rings. The van der Waals surface area contributed by atoms with Crippen LogP contribution in [0.1, 0.15) is 19.5 Å². The van der Waals surface area contributed by atoms with Gasteiger partial charge >= 0.3 is 0 Å². The van der Waals surface area contributed by atoms with Gasteiger partial charge in [-0.3, -0.25) is 0 Å². The molecule has 0 bridgehead atoms. The topological polar surface area (TPSA) is 32.6 Å². The molecule has 98 valence electrons. The minimum absolute atomic E-state index is 0.599. The van der Waals surface area contributed by atoms with Crippen LogP contribution in [0.5, 0.6) is 0 Å². The van der Waals surface area contributed by atoms with Crippen LogP contribution in [0.2, 0.25) is 0 Å². The van der Waals surface area contributed by atoms with Crippen LogP contribution in [0.25, 0.3) is 5.65 Å². The number of pyridine rings is 1. The second-order valence-electron chi connectivity index (χ2n) is 4.95. The maximum absolute atomic E-state index is 4.55. The smallest absolute Gasteiger partial charge is 0.137 e. The zero-order valence-corrected chi connectivity index (χ0v) is 11.4. The number of nitrogens with zero attached hydrogens (tertiary/aromatic N) is 3. The van der Waals surface area contributed by atoms with Crippen molar-refractivity contribution in [3.05, 3.63) is 36.3 Å². The lowest BCUT2D eigenvalue weighted by Gasteiger charge is -2.20. The Kier molecular flexibility index (Phi) is 4.33. The number of rotatable bonds is 6. The van der Waals surface area contributed by atoms with Crippen LogP contribution in [0.15, 0.2) is 30.6 Å². The van der Waals surface area contributed by atoms with Crippen LogP contribution in [0.3, 0.4) is 0 Å². The SMILES string of the molecule is CC(C)N(C)CCNCc1cn2ccccc2n1. The molecule has 2 aromatic heterocycles. The van der Waals surface area contributed by atoms with E-state index in [2.05, 4.69) is 46.7 Å². The van der Waals surface area contributed by atoms with E-state index in [1.807, 2.05) is 24.4 Å². The van der Waals surface area contributed by atoms with Crippen molar-refractivity contribution in [2.24, 2.45) is 0 Å². The lowest BCUT2D eigenvalue weighted by atomic mass is 10.3. The van der Waals surface area contributed by atoms with Crippen molar-refractivity contribution in [3.8, 4) is 0 Å². The largest absolute Gasteiger partial charge is 0.310 e. The van der Waals surface area contributed by atoms with E-state index >= 15 is 0 Å². The first-order valence-corrected chi connectivity index (χ1v) is 6.50. The molecule has 0 aromatic carbocycles. The van der Waals surface area contributed by atoms with E-state index in [0.29, 0.717) is 6.04 Å². The van der Waals surface area contributed by atoms with Crippen LogP contribution < -0.4 is 5.32 Å². The van der Waals surface area contributed by atoms with Gasteiger partial charge in [-0.05, 0) is 33.0 Å². The summed E-state index contributed by atoms with van der Waals surface area (Å²) < 4.78 is 2.05. The Morgan fingerprint density at radius 1 is 1.39 bits per heavy atom. The summed E-state index contributed by atoms with van der Waals surface area (Å²) in [7, 11) is 2.15. The molecule has 0 atom stereocenters. The Morgan fingerprint density at radius 3 is 2.94 bits per heavy atom. The Balaban J connectivity index is 1.80. The molecule has 2 rings (SSSR count). The van der Waals surface area contributed by atoms with E-state index in [0.717, 1.165) is 31.0 Å². The first-order chi connectivity index (χ1) is 8.66. The summed E-state index contributed by atoms with van der Waals surface area (Å²) in [6.45, 7) is 7.30. The third-order valence-electron chi connectivity index (χ3n) is 3.24. The summed E-state index contributed by atoms with van der Waals surface area (Å²) >= 11 is 0. The number of hydrogen-bond donors (Lipinski definition) is 1. The van der Waals surface area contributed by atoms with Crippen LogP contribution >= 0.6 is 0 Å². The molecule has 0 saturated carbocycles. The van der Waals surface area contributed by atoms with E-state index in [1.54, 1.807) is 0 Å². The maximum atomic E-state index is 4.55. The summed E-state index contributed by atoms with van der Waals surface area (Å²) in [5, 5.41) is 3.43. The number of nitrogens with one attached hydrogen (secondary N) is 1. The van der Waals surface area contributed by atoms with Crippen molar-refractivity contribution in [2.75, 3.05) is 20.1 Å². The standard InChI is InChI=1S/C14H22N4/c1-12(2)17(3)9-7-15-10-13-11-18-8-5-4-6-14(18)16-13/h4-6,8,11-12,15H,7,9-10H2,1-3H3. The third-order valence-corrected chi connectivity index (χ3v) is 3.24. The van der Waals surface area contributed by atoms with Crippen molar-refractivity contribution < 1.29 is 0 Å². The van der Waals surface area contributed by atoms with Gasteiger partial charge in [-0.2, -0.15) is 0 Å². The molecule has 0 aliphatic carbocycles. The summed E-state index contributed by atoms with van der Waals surface area (Å²) in [5.74, 6) is 0. The van der Waals surface area contributed by atoms with Crippen molar-refractivity contribution >= 4 is 5.65 Å². The van der Waals surface area contributed by atoms with Crippen molar-refractivity contribution in [1.82, 2.24) is 19.6 Å². The summed E-state index contributed by atoms with van der Waals surface area (Å²) in [5.41, 5.74) is 2.10. The molecule has 0 amide bonds. The number of aromatic nitrogens is 2. The van der Waals surface area contributed by atoms with E-state index < -0.39 is 0 Å². The van der Waals surface area contributed by atoms with Crippen molar-refractivity contribution in [1.29, 1.82) is 0 Å². The highest BCUT2D eigenvalue weighted by Crippen LogP contribution is 2.03. The summed E-state index contributed by atoms with van der Waals surface area (Å²) in [6.07, 6.45) is 4.10. The fourth-order valence-corrected chi connectivity index (χ4v) is 1.80. The Bertz CT molecular complexity index is 456. The van der Waals surface area contributed by atoms with Gasteiger partial charge in [0.05, 0.1) is 5.69 Å². The van der Waals surface area contributed by atoms with Gasteiger partial charge in [0.25, 0.3) is 0 Å². The monoisotopic (exact) mass is 246 g/mol. The minimum Gasteiger partial charge on any atom is -0.310 e. The molecule has 0 unspecified atom stereocenters. The zero-order chi connectivity index (χ0) is 13.0. The van der Waals surface area contributed by atoms with Gasteiger partial charge < -0.3 is 14.6 Å². The second kappa shape index (κ2) is 5.98. The van der Waals surface area contributed by atoms with Crippen LogP contribution in [0.4, 0.5) is 0 Å². The van der Waals surface area contributed by atoms with Gasteiger partial charge in [0.2, 0.25) is 0 Å². The number of fused-ring (bicyclic) bond motifs is 1. The lowest BCUT2D eigenvalue weighted by Crippen LogP contribution is -2.33. The highest BCUT2D eigenvalue weighted by molar-refractivity contribution is 5.39. The number of imidazole rings is 1. The van der Waals surface area contributed by atoms with E-state index in [-0.39, 0.29) is 0 Å². The molecule has 2 heterocycles. The molecule has 0 aliphatic rings. The molecule has 0 saturated heterocycles. The van der Waals surface area contributed by atoms with Gasteiger partial charge in [0, 0.05) is 38.1 Å². The zero-order valence-electron chi connectivity index (χ0n) is 11.4. The Morgan fingerprint density at radius 2 is 2.22 bits per heavy atom. The fraction of sp³-hybridized carbons (Fsp3) is 0.500. The first-order valence-electron chi connectivity index (χ1n) is 6.50. The van der Waals surface area contributed by atoms with Gasteiger partial charge in [0.15, 0.2) is 0 Å². The Hall–Kier alpha value is -1.39. The summed E-state index contributed by atoms with van der Waals surface area (Å²) in [6, 6.07) is 6.65. The molecule has 4 nitrogen and oxygen atoms in total. The van der Waals surface area contributed by atoms with Crippen LogP contribution in [0, 0.1) is 0 Å². The van der Waals surface area contributed by atoms with E-state index in [9.17, 15) is 0 Å². The molecular weight excluding hydrogens is 224 g/mol. The van der Waals surface area contributed by atoms with Crippen LogP contribution in [-0.2, 0) is 6.54 Å². The number of likely N-dealkylation sites (N-methyl/N-ethyl adjacent to an activating group) is 1. The van der Waals surface area contributed by atoms with Crippen molar-refractivity contribution in [2.45, 2.75) is 26.4 Å². The van der Waals surface area contributed by atoms with E-state index in [1.165, 1.54) is 0 Å². The quantitative estimate of drug-likeness (QED) is 0.788. The molecular formula is C14H22N4. The molecule has 0 radical (unpaired) electrons. The average Bonchev–Trinajstić information content (AvgIpc) is 2.76. The lowest BCUT2D eigenvalue weighted by molar-refractivity contribution is 0.273.